The van der Waals surface area contributed by atoms with Crippen LogP contribution in [0.4, 0.5) is 0 Å². The molecule has 96 valence electrons. The van der Waals surface area contributed by atoms with Crippen LogP contribution in [0.5, 0.6) is 0 Å². The van der Waals surface area contributed by atoms with Gasteiger partial charge in [-0.2, -0.15) is 0 Å². The highest BCUT2D eigenvalue weighted by atomic mass is 16.5. The van der Waals surface area contributed by atoms with E-state index in [4.69, 9.17) is 4.74 Å². The van der Waals surface area contributed by atoms with Crippen molar-refractivity contribution >= 4 is 0 Å². The average Bonchev–Trinajstić information content (AvgIpc) is 2.58. The van der Waals surface area contributed by atoms with Crippen LogP contribution in [-0.4, -0.2) is 25.8 Å². The molecule has 16 heavy (non-hydrogen) atoms. The van der Waals surface area contributed by atoms with Crippen LogP contribution in [0, 0.1) is 11.3 Å². The molecule has 2 unspecified atom stereocenters. The van der Waals surface area contributed by atoms with E-state index in [0.717, 1.165) is 25.6 Å². The molecule has 0 aliphatic carbocycles. The molecule has 0 aromatic carbocycles. The molecule has 2 atom stereocenters. The van der Waals surface area contributed by atoms with Crippen LogP contribution < -0.4 is 5.32 Å². The Morgan fingerprint density at radius 1 is 1.44 bits per heavy atom. The van der Waals surface area contributed by atoms with Crippen molar-refractivity contribution in [1.29, 1.82) is 0 Å². The maximum atomic E-state index is 5.78. The van der Waals surface area contributed by atoms with E-state index < -0.39 is 0 Å². The predicted octanol–water partition coefficient (Wildman–Crippen LogP) is 3.22. The zero-order chi connectivity index (χ0) is 12.0. The van der Waals surface area contributed by atoms with Gasteiger partial charge >= 0.3 is 0 Å². The van der Waals surface area contributed by atoms with E-state index in [9.17, 15) is 0 Å². The summed E-state index contributed by atoms with van der Waals surface area (Å²) in [6, 6.07) is 0. The van der Waals surface area contributed by atoms with Crippen molar-refractivity contribution < 1.29 is 4.74 Å². The third-order valence-corrected chi connectivity index (χ3v) is 4.01. The first-order valence-corrected chi connectivity index (χ1v) is 6.93. The van der Waals surface area contributed by atoms with Crippen LogP contribution in [0.3, 0.4) is 0 Å². The van der Waals surface area contributed by atoms with Crippen molar-refractivity contribution in [2.75, 3.05) is 19.7 Å². The highest BCUT2D eigenvalue weighted by Gasteiger charge is 2.40. The number of nitrogens with one attached hydrogen (secondary N) is 1. The summed E-state index contributed by atoms with van der Waals surface area (Å²) in [7, 11) is 0. The Balaban J connectivity index is 2.43. The Morgan fingerprint density at radius 3 is 2.69 bits per heavy atom. The zero-order valence-corrected chi connectivity index (χ0v) is 11.5. The molecular formula is C14H29NO. The summed E-state index contributed by atoms with van der Waals surface area (Å²) in [6.07, 6.45) is 5.68. The second-order valence-corrected chi connectivity index (χ2v) is 5.69. The van der Waals surface area contributed by atoms with Gasteiger partial charge in [-0.15, -0.1) is 0 Å². The SMILES string of the molecule is CCNCC1(CCCC(C)C)CCOC1C. The molecule has 2 nitrogen and oxygen atoms in total. The van der Waals surface area contributed by atoms with Crippen molar-refractivity contribution in [2.24, 2.45) is 11.3 Å². The van der Waals surface area contributed by atoms with Gasteiger partial charge in [0.1, 0.15) is 0 Å². The molecule has 1 N–H and O–H groups in total. The van der Waals surface area contributed by atoms with Gasteiger partial charge in [-0.1, -0.05) is 33.6 Å². The van der Waals surface area contributed by atoms with E-state index in [1.165, 1.54) is 25.7 Å². The summed E-state index contributed by atoms with van der Waals surface area (Å²) in [5, 5.41) is 3.52. The second-order valence-electron chi connectivity index (χ2n) is 5.69. The summed E-state index contributed by atoms with van der Waals surface area (Å²) in [5.41, 5.74) is 0.408. The molecule has 1 fully saturated rings. The van der Waals surface area contributed by atoms with Gasteiger partial charge in [0, 0.05) is 18.6 Å². The summed E-state index contributed by atoms with van der Waals surface area (Å²) >= 11 is 0. The lowest BCUT2D eigenvalue weighted by atomic mass is 9.76. The van der Waals surface area contributed by atoms with Crippen LogP contribution in [0.15, 0.2) is 0 Å². The lowest BCUT2D eigenvalue weighted by Crippen LogP contribution is -2.39. The summed E-state index contributed by atoms with van der Waals surface area (Å²) < 4.78 is 5.78. The molecule has 0 bridgehead atoms. The predicted molar refractivity (Wildman–Crippen MR) is 69.7 cm³/mol. The van der Waals surface area contributed by atoms with Crippen LogP contribution in [0.1, 0.15) is 53.4 Å². The number of hydrogen-bond donors (Lipinski definition) is 1. The molecule has 1 rings (SSSR count). The quantitative estimate of drug-likeness (QED) is 0.721. The average molecular weight is 227 g/mol. The maximum Gasteiger partial charge on any atom is 0.0616 e. The van der Waals surface area contributed by atoms with E-state index in [2.05, 4.69) is 33.0 Å². The molecule has 0 aromatic rings. The molecule has 1 saturated heterocycles. The summed E-state index contributed by atoms with van der Waals surface area (Å²) in [4.78, 5) is 0. The van der Waals surface area contributed by atoms with Gasteiger partial charge in [-0.25, -0.2) is 0 Å². The van der Waals surface area contributed by atoms with Gasteiger partial charge in [0.2, 0.25) is 0 Å². The first kappa shape index (κ1) is 14.0. The third kappa shape index (κ3) is 3.74. The molecule has 1 aliphatic rings. The molecule has 1 heterocycles. The van der Waals surface area contributed by atoms with Gasteiger partial charge in [-0.3, -0.25) is 0 Å². The van der Waals surface area contributed by atoms with Crippen molar-refractivity contribution in [3.8, 4) is 0 Å². The first-order valence-electron chi connectivity index (χ1n) is 6.93. The van der Waals surface area contributed by atoms with Crippen molar-refractivity contribution in [1.82, 2.24) is 5.32 Å². The Kier molecular flexibility index (Phi) is 5.77. The number of hydrogen-bond acceptors (Lipinski definition) is 2. The van der Waals surface area contributed by atoms with Crippen LogP contribution >= 0.6 is 0 Å². The van der Waals surface area contributed by atoms with Gasteiger partial charge in [0.15, 0.2) is 0 Å². The smallest absolute Gasteiger partial charge is 0.0616 e. The van der Waals surface area contributed by atoms with Gasteiger partial charge in [0.25, 0.3) is 0 Å². The van der Waals surface area contributed by atoms with E-state index in [1.807, 2.05) is 0 Å². The molecule has 0 radical (unpaired) electrons. The minimum atomic E-state index is 0.408. The first-order chi connectivity index (χ1) is 7.60. The molecule has 0 spiro atoms. The van der Waals surface area contributed by atoms with E-state index in [1.54, 1.807) is 0 Å². The van der Waals surface area contributed by atoms with E-state index in [0.29, 0.717) is 11.5 Å². The van der Waals surface area contributed by atoms with Gasteiger partial charge < -0.3 is 10.1 Å². The molecule has 0 amide bonds. The summed E-state index contributed by atoms with van der Waals surface area (Å²) in [5.74, 6) is 0.828. The fraction of sp³-hybridized carbons (Fsp3) is 1.00. The Morgan fingerprint density at radius 2 is 2.19 bits per heavy atom. The summed E-state index contributed by atoms with van der Waals surface area (Å²) in [6.45, 7) is 12.2. The molecular weight excluding hydrogens is 198 g/mol. The van der Waals surface area contributed by atoms with Gasteiger partial charge in [-0.05, 0) is 32.2 Å². The van der Waals surface area contributed by atoms with Gasteiger partial charge in [0.05, 0.1) is 6.10 Å². The normalized spacial score (nSPS) is 30.2. The lowest BCUT2D eigenvalue weighted by molar-refractivity contribution is 0.0569. The molecule has 1 aliphatic heterocycles. The van der Waals surface area contributed by atoms with E-state index in [-0.39, 0.29) is 0 Å². The van der Waals surface area contributed by atoms with Crippen molar-refractivity contribution in [3.05, 3.63) is 0 Å². The van der Waals surface area contributed by atoms with Crippen LogP contribution in [0.2, 0.25) is 0 Å². The number of rotatable bonds is 7. The van der Waals surface area contributed by atoms with Crippen molar-refractivity contribution in [2.45, 2.75) is 59.5 Å². The van der Waals surface area contributed by atoms with E-state index >= 15 is 0 Å². The molecule has 0 saturated carbocycles. The lowest BCUT2D eigenvalue weighted by Gasteiger charge is -2.33. The molecule has 0 aromatic heterocycles. The second kappa shape index (κ2) is 6.61. The van der Waals surface area contributed by atoms with Crippen LogP contribution in [0.25, 0.3) is 0 Å². The largest absolute Gasteiger partial charge is 0.378 e. The van der Waals surface area contributed by atoms with Crippen molar-refractivity contribution in [3.63, 3.8) is 0 Å². The third-order valence-electron chi connectivity index (χ3n) is 4.01. The minimum absolute atomic E-state index is 0.408. The van der Waals surface area contributed by atoms with Crippen LogP contribution in [-0.2, 0) is 4.74 Å². The highest BCUT2D eigenvalue weighted by Crippen LogP contribution is 2.39. The highest BCUT2D eigenvalue weighted by molar-refractivity contribution is 4.91. The topological polar surface area (TPSA) is 21.3 Å². The Labute approximate surface area is 101 Å². The Hall–Kier alpha value is -0.0800. The molecule has 2 heteroatoms. The number of ether oxygens (including phenoxy) is 1. The minimum Gasteiger partial charge on any atom is -0.378 e. The fourth-order valence-corrected chi connectivity index (χ4v) is 2.70. The monoisotopic (exact) mass is 227 g/mol. The zero-order valence-electron chi connectivity index (χ0n) is 11.5. The standard InChI is InChI=1S/C14H29NO/c1-5-15-11-14(8-6-7-12(2)3)9-10-16-13(14)4/h12-13,15H,5-11H2,1-4H3. The maximum absolute atomic E-state index is 5.78. The fourth-order valence-electron chi connectivity index (χ4n) is 2.70. The Bertz CT molecular complexity index is 193.